The summed E-state index contributed by atoms with van der Waals surface area (Å²) in [6, 6.07) is 10.7. The van der Waals surface area contributed by atoms with E-state index in [0.717, 1.165) is 0 Å². The molecule has 1 aromatic carbocycles. The topological polar surface area (TPSA) is 12.0 Å². The van der Waals surface area contributed by atoms with Crippen molar-refractivity contribution in [2.24, 2.45) is 0 Å². The van der Waals surface area contributed by atoms with Gasteiger partial charge in [0.2, 0.25) is 0 Å². The Balaban J connectivity index is 1.89. The van der Waals surface area contributed by atoms with E-state index in [0.29, 0.717) is 0 Å². The van der Waals surface area contributed by atoms with Crippen molar-refractivity contribution < 1.29 is 0 Å². The molecular weight excluding hydrogens is 214 g/mol. The molecule has 1 nitrogen and oxygen atoms in total. The van der Waals surface area contributed by atoms with Crippen LogP contribution in [0.3, 0.4) is 0 Å². The Morgan fingerprint density at radius 1 is 1.00 bits per heavy atom. The van der Waals surface area contributed by atoms with Gasteiger partial charge in [0.15, 0.2) is 0 Å². The van der Waals surface area contributed by atoms with Gasteiger partial charge in [-0.1, -0.05) is 31.5 Å². The molecule has 90 valence electrons. The van der Waals surface area contributed by atoms with Crippen molar-refractivity contribution in [3.05, 3.63) is 30.3 Å². The number of rotatable bonds is 9. The zero-order valence-electron chi connectivity index (χ0n) is 10.2. The highest BCUT2D eigenvalue weighted by molar-refractivity contribution is 7.99. The van der Waals surface area contributed by atoms with Crippen molar-refractivity contribution in [3.63, 3.8) is 0 Å². The van der Waals surface area contributed by atoms with E-state index < -0.39 is 0 Å². The summed E-state index contributed by atoms with van der Waals surface area (Å²) in [6.07, 6.45) is 5.23. The minimum absolute atomic E-state index is 1.17. The van der Waals surface area contributed by atoms with E-state index in [9.17, 15) is 0 Å². The molecule has 0 unspecified atom stereocenters. The molecule has 1 N–H and O–H groups in total. The van der Waals surface area contributed by atoms with Crippen molar-refractivity contribution in [3.8, 4) is 0 Å². The van der Waals surface area contributed by atoms with Gasteiger partial charge < -0.3 is 5.32 Å². The van der Waals surface area contributed by atoms with E-state index >= 15 is 0 Å². The van der Waals surface area contributed by atoms with Gasteiger partial charge in [0, 0.05) is 4.90 Å². The molecule has 0 aliphatic carbocycles. The lowest BCUT2D eigenvalue weighted by atomic mass is 10.2. The van der Waals surface area contributed by atoms with E-state index in [-0.39, 0.29) is 0 Å². The summed E-state index contributed by atoms with van der Waals surface area (Å²) >= 11 is 1.97. The number of unbranched alkanes of at least 4 members (excludes halogenated alkanes) is 2. The SMILES string of the molecule is CCCNCCCCCSc1ccccc1. The Hall–Kier alpha value is -0.470. The van der Waals surface area contributed by atoms with E-state index in [1.165, 1.54) is 49.4 Å². The minimum Gasteiger partial charge on any atom is -0.317 e. The smallest absolute Gasteiger partial charge is 0.00719 e. The van der Waals surface area contributed by atoms with Crippen LogP contribution in [-0.2, 0) is 0 Å². The number of benzene rings is 1. The largest absolute Gasteiger partial charge is 0.317 e. The quantitative estimate of drug-likeness (QED) is 0.515. The monoisotopic (exact) mass is 237 g/mol. The summed E-state index contributed by atoms with van der Waals surface area (Å²) in [6.45, 7) is 4.56. The summed E-state index contributed by atoms with van der Waals surface area (Å²) in [7, 11) is 0. The fraction of sp³-hybridized carbons (Fsp3) is 0.571. The summed E-state index contributed by atoms with van der Waals surface area (Å²) in [5.74, 6) is 1.25. The molecule has 0 aromatic heterocycles. The molecule has 0 radical (unpaired) electrons. The number of nitrogens with one attached hydrogen (secondary N) is 1. The van der Waals surface area contributed by atoms with Crippen LogP contribution >= 0.6 is 11.8 Å². The van der Waals surface area contributed by atoms with Gasteiger partial charge in [0.25, 0.3) is 0 Å². The lowest BCUT2D eigenvalue weighted by Gasteiger charge is -2.03. The van der Waals surface area contributed by atoms with Gasteiger partial charge in [-0.25, -0.2) is 0 Å². The van der Waals surface area contributed by atoms with Crippen LogP contribution in [0.15, 0.2) is 35.2 Å². The van der Waals surface area contributed by atoms with Crippen LogP contribution in [0.2, 0.25) is 0 Å². The Morgan fingerprint density at radius 3 is 2.56 bits per heavy atom. The predicted octanol–water partition coefficient (Wildman–Crippen LogP) is 3.95. The fourth-order valence-electron chi connectivity index (χ4n) is 1.54. The van der Waals surface area contributed by atoms with E-state index in [2.05, 4.69) is 42.6 Å². The van der Waals surface area contributed by atoms with E-state index in [1.807, 2.05) is 11.8 Å². The Labute approximate surface area is 104 Å². The lowest BCUT2D eigenvalue weighted by molar-refractivity contribution is 0.613. The predicted molar refractivity (Wildman–Crippen MR) is 74.2 cm³/mol. The molecule has 0 saturated carbocycles. The standard InChI is InChI=1S/C14H23NS/c1-2-11-15-12-7-4-8-13-16-14-9-5-3-6-10-14/h3,5-6,9-10,15H,2,4,7-8,11-13H2,1H3. The summed E-state index contributed by atoms with van der Waals surface area (Å²) in [5.41, 5.74) is 0. The van der Waals surface area contributed by atoms with Gasteiger partial charge in [0.1, 0.15) is 0 Å². The van der Waals surface area contributed by atoms with Crippen molar-refractivity contribution in [2.45, 2.75) is 37.5 Å². The zero-order valence-corrected chi connectivity index (χ0v) is 11.1. The average molecular weight is 237 g/mol. The molecule has 1 aromatic rings. The van der Waals surface area contributed by atoms with Crippen LogP contribution < -0.4 is 5.32 Å². The van der Waals surface area contributed by atoms with Crippen LogP contribution in [-0.4, -0.2) is 18.8 Å². The Morgan fingerprint density at radius 2 is 1.81 bits per heavy atom. The van der Waals surface area contributed by atoms with Crippen molar-refractivity contribution in [1.29, 1.82) is 0 Å². The molecule has 0 bridgehead atoms. The third-order valence-electron chi connectivity index (χ3n) is 2.44. The number of hydrogen-bond acceptors (Lipinski definition) is 2. The molecule has 0 heterocycles. The zero-order chi connectivity index (χ0) is 11.5. The maximum absolute atomic E-state index is 3.44. The van der Waals surface area contributed by atoms with Gasteiger partial charge in [0.05, 0.1) is 0 Å². The van der Waals surface area contributed by atoms with Crippen molar-refractivity contribution >= 4 is 11.8 Å². The lowest BCUT2D eigenvalue weighted by Crippen LogP contribution is -2.15. The number of thioether (sulfide) groups is 1. The molecule has 0 saturated heterocycles. The minimum atomic E-state index is 1.17. The second kappa shape index (κ2) is 9.73. The maximum Gasteiger partial charge on any atom is 0.00719 e. The molecule has 0 aliphatic rings. The fourth-order valence-corrected chi connectivity index (χ4v) is 2.47. The summed E-state index contributed by atoms with van der Waals surface area (Å²) in [5, 5.41) is 3.44. The molecule has 16 heavy (non-hydrogen) atoms. The second-order valence-electron chi connectivity index (χ2n) is 3.97. The molecule has 0 aliphatic heterocycles. The third kappa shape index (κ3) is 6.91. The Bertz CT molecular complexity index is 248. The molecule has 1 rings (SSSR count). The first kappa shape index (κ1) is 13.6. The van der Waals surface area contributed by atoms with Gasteiger partial charge in [-0.15, -0.1) is 11.8 Å². The van der Waals surface area contributed by atoms with Crippen LogP contribution in [0.25, 0.3) is 0 Å². The van der Waals surface area contributed by atoms with Gasteiger partial charge >= 0.3 is 0 Å². The van der Waals surface area contributed by atoms with Crippen LogP contribution in [0.5, 0.6) is 0 Å². The third-order valence-corrected chi connectivity index (χ3v) is 3.53. The summed E-state index contributed by atoms with van der Waals surface area (Å²) < 4.78 is 0. The number of hydrogen-bond donors (Lipinski definition) is 1. The molecular formula is C14H23NS. The molecule has 0 amide bonds. The molecule has 0 fully saturated rings. The molecule has 2 heteroatoms. The van der Waals surface area contributed by atoms with E-state index in [1.54, 1.807) is 0 Å². The highest BCUT2D eigenvalue weighted by Gasteiger charge is 1.93. The van der Waals surface area contributed by atoms with Crippen LogP contribution in [0.4, 0.5) is 0 Å². The average Bonchev–Trinajstić information content (AvgIpc) is 2.34. The normalized spacial score (nSPS) is 10.6. The van der Waals surface area contributed by atoms with Crippen LogP contribution in [0.1, 0.15) is 32.6 Å². The molecule has 0 spiro atoms. The van der Waals surface area contributed by atoms with Gasteiger partial charge in [-0.2, -0.15) is 0 Å². The first-order chi connectivity index (χ1) is 7.93. The first-order valence-corrected chi connectivity index (χ1v) is 7.30. The Kier molecular flexibility index (Phi) is 8.27. The highest BCUT2D eigenvalue weighted by Crippen LogP contribution is 2.18. The first-order valence-electron chi connectivity index (χ1n) is 6.32. The highest BCUT2D eigenvalue weighted by atomic mass is 32.2. The van der Waals surface area contributed by atoms with Gasteiger partial charge in [-0.3, -0.25) is 0 Å². The van der Waals surface area contributed by atoms with Crippen LogP contribution in [0, 0.1) is 0 Å². The van der Waals surface area contributed by atoms with Crippen molar-refractivity contribution in [2.75, 3.05) is 18.8 Å². The van der Waals surface area contributed by atoms with Gasteiger partial charge in [-0.05, 0) is 50.2 Å². The maximum atomic E-state index is 3.44. The molecule has 0 atom stereocenters. The van der Waals surface area contributed by atoms with Crippen molar-refractivity contribution in [1.82, 2.24) is 5.32 Å². The van der Waals surface area contributed by atoms with E-state index in [4.69, 9.17) is 0 Å². The second-order valence-corrected chi connectivity index (χ2v) is 5.14. The summed E-state index contributed by atoms with van der Waals surface area (Å²) in [4.78, 5) is 1.40.